The maximum Gasteiger partial charge on any atom is 0.270 e. The topological polar surface area (TPSA) is 83.0 Å². The molecule has 172 valence electrons. The molecule has 2 fully saturated rings. The molecule has 0 spiro atoms. The van der Waals surface area contributed by atoms with Crippen LogP contribution in [-0.4, -0.2) is 72.7 Å². The van der Waals surface area contributed by atoms with Gasteiger partial charge in [0.05, 0.1) is 37.6 Å². The molecule has 1 aromatic rings. The van der Waals surface area contributed by atoms with Gasteiger partial charge in [0.2, 0.25) is 0 Å². The van der Waals surface area contributed by atoms with E-state index >= 15 is 0 Å². The molecule has 32 heavy (non-hydrogen) atoms. The minimum absolute atomic E-state index is 0.107. The molecule has 8 nitrogen and oxygen atoms in total. The van der Waals surface area contributed by atoms with Crippen molar-refractivity contribution in [1.82, 2.24) is 9.47 Å². The van der Waals surface area contributed by atoms with Crippen LogP contribution in [0, 0.1) is 18.3 Å². The summed E-state index contributed by atoms with van der Waals surface area (Å²) in [5, 5.41) is 9.62. The molecule has 0 aromatic carbocycles. The zero-order valence-corrected chi connectivity index (χ0v) is 20.7. The van der Waals surface area contributed by atoms with E-state index in [2.05, 4.69) is 17.9 Å². The van der Waals surface area contributed by atoms with Gasteiger partial charge in [-0.25, -0.2) is 0 Å². The van der Waals surface area contributed by atoms with Gasteiger partial charge in [-0.1, -0.05) is 24.0 Å². The number of thioether (sulfide) groups is 1. The van der Waals surface area contributed by atoms with Crippen molar-refractivity contribution in [3.8, 4) is 6.07 Å². The second-order valence-electron chi connectivity index (χ2n) is 7.98. The van der Waals surface area contributed by atoms with Crippen molar-refractivity contribution in [2.24, 2.45) is 7.05 Å². The van der Waals surface area contributed by atoms with Crippen LogP contribution in [0.15, 0.2) is 9.70 Å². The Balaban J connectivity index is 2.05. The van der Waals surface area contributed by atoms with E-state index in [1.54, 1.807) is 36.6 Å². The highest BCUT2D eigenvalue weighted by Crippen LogP contribution is 2.35. The number of ether oxygens (including phenoxy) is 1. The predicted octanol–water partition coefficient (Wildman–Crippen LogP) is 0.528. The molecule has 0 bridgehead atoms. The van der Waals surface area contributed by atoms with Crippen LogP contribution >= 0.6 is 24.0 Å². The first-order valence-corrected chi connectivity index (χ1v) is 12.0. The van der Waals surface area contributed by atoms with E-state index in [9.17, 15) is 14.9 Å². The van der Waals surface area contributed by atoms with Crippen LogP contribution in [0.1, 0.15) is 30.0 Å². The van der Waals surface area contributed by atoms with Crippen LogP contribution in [0.4, 0.5) is 5.82 Å². The Kier molecular flexibility index (Phi) is 8.11. The van der Waals surface area contributed by atoms with Crippen molar-refractivity contribution >= 4 is 46.1 Å². The van der Waals surface area contributed by atoms with Crippen molar-refractivity contribution < 1.29 is 14.4 Å². The van der Waals surface area contributed by atoms with Crippen LogP contribution in [0.3, 0.4) is 0 Å². The summed E-state index contributed by atoms with van der Waals surface area (Å²) in [6.45, 7) is 9.64. The summed E-state index contributed by atoms with van der Waals surface area (Å²) in [5.41, 5.74) is 1.13. The van der Waals surface area contributed by atoms with E-state index < -0.39 is 0 Å². The SMILES string of the molecule is CC[NH+]1CCN(c2c(/C=C3\SC(=S)N(CCCOC)C3=O)c(C)c(C#N)c(=O)n2C)CC1. The number of pyridine rings is 1. The highest BCUT2D eigenvalue weighted by Gasteiger charge is 2.33. The molecule has 0 saturated carbocycles. The Labute approximate surface area is 198 Å². The third-order valence-corrected chi connectivity index (χ3v) is 7.49. The number of quaternary nitrogens is 1. The number of nitrogens with zero attached hydrogens (tertiary/aromatic N) is 4. The Bertz CT molecular complexity index is 1040. The number of hydrogen-bond donors (Lipinski definition) is 1. The first-order chi connectivity index (χ1) is 15.3. The number of nitrogens with one attached hydrogen (secondary N) is 1. The molecule has 0 unspecified atom stereocenters. The Morgan fingerprint density at radius 1 is 1.31 bits per heavy atom. The van der Waals surface area contributed by atoms with Gasteiger partial charge in [-0.3, -0.25) is 19.1 Å². The normalized spacial score (nSPS) is 18.7. The largest absolute Gasteiger partial charge is 0.385 e. The zero-order valence-electron chi connectivity index (χ0n) is 19.1. The van der Waals surface area contributed by atoms with E-state index in [1.807, 2.05) is 0 Å². The van der Waals surface area contributed by atoms with Gasteiger partial charge >= 0.3 is 0 Å². The Morgan fingerprint density at radius 3 is 2.59 bits per heavy atom. The molecule has 1 aromatic heterocycles. The van der Waals surface area contributed by atoms with Crippen molar-refractivity contribution in [2.75, 3.05) is 57.9 Å². The average molecular weight is 477 g/mol. The molecular weight excluding hydrogens is 446 g/mol. The van der Waals surface area contributed by atoms with Gasteiger partial charge in [0.15, 0.2) is 0 Å². The summed E-state index contributed by atoms with van der Waals surface area (Å²) in [6.07, 6.45) is 2.50. The van der Waals surface area contributed by atoms with Gasteiger partial charge in [0, 0.05) is 32.9 Å². The number of thiocarbonyl (C=S) groups is 1. The molecule has 3 rings (SSSR count). The third kappa shape index (κ3) is 4.76. The molecule has 10 heteroatoms. The molecule has 1 amide bonds. The number of methoxy groups -OCH3 is 1. The lowest BCUT2D eigenvalue weighted by molar-refractivity contribution is -0.898. The van der Waals surface area contributed by atoms with Crippen molar-refractivity contribution in [2.45, 2.75) is 20.3 Å². The van der Waals surface area contributed by atoms with Crippen LogP contribution < -0.4 is 15.4 Å². The third-order valence-electron chi connectivity index (χ3n) is 6.12. The minimum atomic E-state index is -0.311. The maximum absolute atomic E-state index is 13.1. The number of amides is 1. The predicted molar refractivity (Wildman–Crippen MR) is 131 cm³/mol. The molecule has 2 aliphatic heterocycles. The number of rotatable bonds is 7. The summed E-state index contributed by atoms with van der Waals surface area (Å²) in [4.78, 5) is 31.8. The number of nitriles is 1. The molecule has 2 aliphatic rings. The highest BCUT2D eigenvalue weighted by atomic mass is 32.2. The van der Waals surface area contributed by atoms with Crippen LogP contribution in [-0.2, 0) is 16.6 Å². The standard InChI is InChI=1S/C22H29N5O3S2/c1-5-25-8-10-26(11-9-25)19-16(15(2)17(14-23)20(28)24(19)3)13-18-21(29)27(22(31)32-18)7-6-12-30-4/h13H,5-12H2,1-4H3/p+1/b18-13-. The minimum Gasteiger partial charge on any atom is -0.385 e. The second-order valence-corrected chi connectivity index (χ2v) is 9.66. The monoisotopic (exact) mass is 476 g/mol. The number of hydrogen-bond acceptors (Lipinski definition) is 7. The number of carbonyl (C=O) groups is 1. The molecule has 0 aliphatic carbocycles. The van der Waals surface area contributed by atoms with E-state index in [0.29, 0.717) is 34.4 Å². The fourth-order valence-electron chi connectivity index (χ4n) is 4.17. The summed E-state index contributed by atoms with van der Waals surface area (Å²) >= 11 is 6.70. The summed E-state index contributed by atoms with van der Waals surface area (Å²) in [5.74, 6) is 0.611. The van der Waals surface area contributed by atoms with Crippen molar-refractivity contribution in [3.05, 3.63) is 31.9 Å². The first-order valence-electron chi connectivity index (χ1n) is 10.8. The number of likely N-dealkylation sites (N-methyl/N-ethyl adjacent to an activating group) is 1. The van der Waals surface area contributed by atoms with E-state index in [4.69, 9.17) is 17.0 Å². The highest BCUT2D eigenvalue weighted by molar-refractivity contribution is 8.26. The van der Waals surface area contributed by atoms with Crippen molar-refractivity contribution in [3.63, 3.8) is 0 Å². The fourth-order valence-corrected chi connectivity index (χ4v) is 5.46. The Morgan fingerprint density at radius 2 is 2.00 bits per heavy atom. The van der Waals surface area contributed by atoms with Crippen LogP contribution in [0.25, 0.3) is 6.08 Å². The lowest BCUT2D eigenvalue weighted by Crippen LogP contribution is -3.14. The molecule has 0 atom stereocenters. The lowest BCUT2D eigenvalue weighted by atomic mass is 10.0. The molecule has 2 saturated heterocycles. The van der Waals surface area contributed by atoms with Gasteiger partial charge in [-0.05, 0) is 31.9 Å². The Hall–Kier alpha value is -2.19. The summed E-state index contributed by atoms with van der Waals surface area (Å²) in [6, 6.07) is 2.05. The molecule has 3 heterocycles. The second kappa shape index (κ2) is 10.6. The van der Waals surface area contributed by atoms with Crippen LogP contribution in [0.5, 0.6) is 0 Å². The van der Waals surface area contributed by atoms with Gasteiger partial charge in [0.1, 0.15) is 21.8 Å². The van der Waals surface area contributed by atoms with E-state index in [1.165, 1.54) is 16.7 Å². The summed E-state index contributed by atoms with van der Waals surface area (Å²) in [7, 11) is 3.33. The van der Waals surface area contributed by atoms with Crippen LogP contribution in [0.2, 0.25) is 0 Å². The average Bonchev–Trinajstić information content (AvgIpc) is 3.05. The summed E-state index contributed by atoms with van der Waals surface area (Å²) < 4.78 is 7.15. The van der Waals surface area contributed by atoms with Gasteiger partial charge in [0.25, 0.3) is 11.5 Å². The number of anilines is 1. The van der Waals surface area contributed by atoms with Gasteiger partial charge in [-0.15, -0.1) is 0 Å². The molecule has 0 radical (unpaired) electrons. The zero-order chi connectivity index (χ0) is 23.4. The number of carbonyl (C=O) groups excluding carboxylic acids is 1. The smallest absolute Gasteiger partial charge is 0.270 e. The van der Waals surface area contributed by atoms with Gasteiger partial charge in [-0.2, -0.15) is 5.26 Å². The lowest BCUT2D eigenvalue weighted by Gasteiger charge is -2.35. The van der Waals surface area contributed by atoms with Crippen molar-refractivity contribution in [1.29, 1.82) is 5.26 Å². The van der Waals surface area contributed by atoms with E-state index in [-0.39, 0.29) is 17.0 Å². The maximum atomic E-state index is 13.1. The number of aromatic nitrogens is 1. The van der Waals surface area contributed by atoms with Gasteiger partial charge < -0.3 is 14.5 Å². The molecular formula is C22H30N5O3S2+. The molecule has 1 N–H and O–H groups in total. The van der Waals surface area contributed by atoms with E-state index in [0.717, 1.165) is 44.1 Å². The first kappa shape index (κ1) is 24.5. The quantitative estimate of drug-likeness (QED) is 0.349. The fraction of sp³-hybridized carbons (Fsp3) is 0.545. The number of piperazine rings is 1.